The van der Waals surface area contributed by atoms with Gasteiger partial charge in [0.15, 0.2) is 0 Å². The number of hydrogen-bond acceptors (Lipinski definition) is 4. The van der Waals surface area contributed by atoms with Gasteiger partial charge in [0.1, 0.15) is 6.10 Å². The summed E-state index contributed by atoms with van der Waals surface area (Å²) in [5, 5.41) is 3.23. The molecule has 0 fully saturated rings. The van der Waals surface area contributed by atoms with Crippen molar-refractivity contribution in [2.24, 2.45) is 0 Å². The third-order valence-electron chi connectivity index (χ3n) is 2.63. The maximum Gasteiger partial charge on any atom is 0.253 e. The van der Waals surface area contributed by atoms with E-state index in [-0.39, 0.29) is 11.5 Å². The van der Waals surface area contributed by atoms with Crippen molar-refractivity contribution in [3.05, 3.63) is 23.2 Å². The van der Waals surface area contributed by atoms with Crippen LogP contribution in [-0.4, -0.2) is 30.8 Å². The fourth-order valence-electron chi connectivity index (χ4n) is 1.53. The molecule has 1 aromatic carbocycles. The van der Waals surface area contributed by atoms with Crippen LogP contribution >= 0.6 is 11.6 Å². The Balaban J connectivity index is 2.41. The number of halogens is 1. The number of nitrogen functional groups attached to an aromatic ring is 1. The van der Waals surface area contributed by atoms with E-state index in [0.29, 0.717) is 29.6 Å². The lowest BCUT2D eigenvalue weighted by atomic mass is 10.2. The fourth-order valence-corrected chi connectivity index (χ4v) is 1.71. The van der Waals surface area contributed by atoms with Crippen molar-refractivity contribution in [1.82, 2.24) is 0 Å². The van der Waals surface area contributed by atoms with Crippen LogP contribution in [0.4, 0.5) is 11.4 Å². The summed E-state index contributed by atoms with van der Waals surface area (Å²) in [4.78, 5) is 12.0. The molecule has 1 atom stereocenters. The monoisotopic (exact) mass is 314 g/mol. The van der Waals surface area contributed by atoms with Gasteiger partial charge >= 0.3 is 0 Å². The number of amides is 1. The van der Waals surface area contributed by atoms with Crippen molar-refractivity contribution in [1.29, 1.82) is 0 Å². The summed E-state index contributed by atoms with van der Waals surface area (Å²) < 4.78 is 10.9. The molecular weight excluding hydrogens is 292 g/mol. The molecule has 0 aliphatic heterocycles. The van der Waals surface area contributed by atoms with Gasteiger partial charge < -0.3 is 20.5 Å². The molecule has 0 aromatic heterocycles. The second-order valence-electron chi connectivity index (χ2n) is 5.69. The van der Waals surface area contributed by atoms with E-state index in [2.05, 4.69) is 5.32 Å². The van der Waals surface area contributed by atoms with Gasteiger partial charge in [0.05, 0.1) is 30.2 Å². The number of rotatable bonds is 6. The Morgan fingerprint density at radius 1 is 1.38 bits per heavy atom. The molecule has 1 unspecified atom stereocenters. The number of anilines is 2. The lowest BCUT2D eigenvalue weighted by molar-refractivity contribution is -0.128. The molecule has 118 valence electrons. The van der Waals surface area contributed by atoms with Crippen LogP contribution < -0.4 is 11.1 Å². The first-order chi connectivity index (χ1) is 9.69. The Kier molecular flexibility index (Phi) is 6.45. The first-order valence-corrected chi connectivity index (χ1v) is 7.18. The first kappa shape index (κ1) is 17.8. The molecule has 5 nitrogen and oxygen atoms in total. The van der Waals surface area contributed by atoms with E-state index in [4.69, 9.17) is 26.8 Å². The number of nitrogens with one attached hydrogen (secondary N) is 1. The number of carbonyl (C=O) groups is 1. The largest absolute Gasteiger partial charge is 0.397 e. The summed E-state index contributed by atoms with van der Waals surface area (Å²) in [6.45, 7) is 8.36. The van der Waals surface area contributed by atoms with Gasteiger partial charge in [0, 0.05) is 5.02 Å². The molecule has 0 heterocycles. The fraction of sp³-hybridized carbons (Fsp3) is 0.533. The van der Waals surface area contributed by atoms with Gasteiger partial charge in [-0.1, -0.05) is 11.6 Å². The van der Waals surface area contributed by atoms with Gasteiger partial charge in [0.25, 0.3) is 5.91 Å². The topological polar surface area (TPSA) is 73.6 Å². The maximum absolute atomic E-state index is 12.0. The second kappa shape index (κ2) is 7.64. The molecule has 1 rings (SSSR count). The molecule has 0 aliphatic rings. The summed E-state index contributed by atoms with van der Waals surface area (Å²) in [5.41, 5.74) is 6.50. The number of hydrogen-bond donors (Lipinski definition) is 2. The zero-order valence-electron chi connectivity index (χ0n) is 12.9. The van der Waals surface area contributed by atoms with Crippen molar-refractivity contribution >= 4 is 28.9 Å². The number of benzene rings is 1. The molecule has 0 saturated carbocycles. The Morgan fingerprint density at radius 2 is 2.05 bits per heavy atom. The summed E-state index contributed by atoms with van der Waals surface area (Å²) >= 11 is 5.81. The number of ether oxygens (including phenoxy) is 2. The minimum absolute atomic E-state index is 0.216. The molecule has 3 N–H and O–H groups in total. The van der Waals surface area contributed by atoms with Gasteiger partial charge in [-0.15, -0.1) is 0 Å². The van der Waals surface area contributed by atoms with Crippen LogP contribution in [0.2, 0.25) is 5.02 Å². The van der Waals surface area contributed by atoms with E-state index in [9.17, 15) is 4.79 Å². The van der Waals surface area contributed by atoms with Crippen LogP contribution in [0, 0.1) is 0 Å². The SMILES string of the molecule is CC(OCCOC(C)(C)C)C(=O)Nc1ccc(Cl)cc1N. The van der Waals surface area contributed by atoms with Gasteiger partial charge in [-0.25, -0.2) is 0 Å². The second-order valence-corrected chi connectivity index (χ2v) is 6.13. The lowest BCUT2D eigenvalue weighted by Crippen LogP contribution is -2.30. The van der Waals surface area contributed by atoms with Crippen molar-refractivity contribution in [3.8, 4) is 0 Å². The van der Waals surface area contributed by atoms with Crippen LogP contribution in [0.25, 0.3) is 0 Å². The molecule has 0 spiro atoms. The molecule has 0 saturated heterocycles. The zero-order valence-corrected chi connectivity index (χ0v) is 13.7. The summed E-state index contributed by atoms with van der Waals surface area (Å²) in [7, 11) is 0. The van der Waals surface area contributed by atoms with E-state index in [1.807, 2.05) is 20.8 Å². The molecule has 6 heteroatoms. The highest BCUT2D eigenvalue weighted by Crippen LogP contribution is 2.22. The van der Waals surface area contributed by atoms with Crippen molar-refractivity contribution in [2.75, 3.05) is 24.3 Å². The zero-order chi connectivity index (χ0) is 16.0. The van der Waals surface area contributed by atoms with E-state index in [0.717, 1.165) is 0 Å². The smallest absolute Gasteiger partial charge is 0.253 e. The number of nitrogens with two attached hydrogens (primary N) is 1. The molecule has 0 bridgehead atoms. The standard InChI is InChI=1S/C15H23ClN2O3/c1-10(20-7-8-21-15(2,3)4)14(19)18-13-6-5-11(16)9-12(13)17/h5-6,9-10H,7-8,17H2,1-4H3,(H,18,19). The number of carbonyl (C=O) groups excluding carboxylic acids is 1. The first-order valence-electron chi connectivity index (χ1n) is 6.80. The average Bonchev–Trinajstić information content (AvgIpc) is 2.36. The van der Waals surface area contributed by atoms with Gasteiger partial charge in [-0.2, -0.15) is 0 Å². The van der Waals surface area contributed by atoms with Crippen LogP contribution in [-0.2, 0) is 14.3 Å². The van der Waals surface area contributed by atoms with Crippen LogP contribution in [0.15, 0.2) is 18.2 Å². The minimum atomic E-state index is -0.594. The third-order valence-corrected chi connectivity index (χ3v) is 2.86. The lowest BCUT2D eigenvalue weighted by Gasteiger charge is -2.20. The Morgan fingerprint density at radius 3 is 2.62 bits per heavy atom. The molecular formula is C15H23ClN2O3. The summed E-state index contributed by atoms with van der Waals surface area (Å²) in [5.74, 6) is -0.264. The molecule has 21 heavy (non-hydrogen) atoms. The predicted octanol–water partition coefficient (Wildman–Crippen LogP) is 3.08. The van der Waals surface area contributed by atoms with Crippen LogP contribution in [0.1, 0.15) is 27.7 Å². The third kappa shape index (κ3) is 6.80. The van der Waals surface area contributed by atoms with Crippen molar-refractivity contribution in [2.45, 2.75) is 39.4 Å². The van der Waals surface area contributed by atoms with E-state index in [1.54, 1.807) is 25.1 Å². The van der Waals surface area contributed by atoms with Crippen molar-refractivity contribution < 1.29 is 14.3 Å². The van der Waals surface area contributed by atoms with Crippen LogP contribution in [0.5, 0.6) is 0 Å². The molecule has 0 aliphatic carbocycles. The van der Waals surface area contributed by atoms with Crippen molar-refractivity contribution in [3.63, 3.8) is 0 Å². The predicted molar refractivity (Wildman–Crippen MR) is 85.6 cm³/mol. The highest BCUT2D eigenvalue weighted by molar-refractivity contribution is 6.31. The minimum Gasteiger partial charge on any atom is -0.397 e. The van der Waals surface area contributed by atoms with Gasteiger partial charge in [-0.05, 0) is 45.9 Å². The normalized spacial score (nSPS) is 13.0. The molecule has 0 radical (unpaired) electrons. The quantitative estimate of drug-likeness (QED) is 0.625. The average molecular weight is 315 g/mol. The van der Waals surface area contributed by atoms with E-state index < -0.39 is 6.10 Å². The van der Waals surface area contributed by atoms with Gasteiger partial charge in [0.2, 0.25) is 0 Å². The summed E-state index contributed by atoms with van der Waals surface area (Å²) in [6.07, 6.45) is -0.594. The summed E-state index contributed by atoms with van der Waals surface area (Å²) in [6, 6.07) is 4.90. The van der Waals surface area contributed by atoms with E-state index >= 15 is 0 Å². The molecule has 1 amide bonds. The van der Waals surface area contributed by atoms with Gasteiger partial charge in [-0.3, -0.25) is 4.79 Å². The Bertz CT molecular complexity index is 486. The highest BCUT2D eigenvalue weighted by Gasteiger charge is 2.15. The van der Waals surface area contributed by atoms with Crippen LogP contribution in [0.3, 0.4) is 0 Å². The highest BCUT2D eigenvalue weighted by atomic mass is 35.5. The Hall–Kier alpha value is -1.30. The maximum atomic E-state index is 12.0. The van der Waals surface area contributed by atoms with E-state index in [1.165, 1.54) is 0 Å². The molecule has 1 aromatic rings. The Labute approximate surface area is 130 Å².